The fourth-order valence-electron chi connectivity index (χ4n) is 7.37. The zero-order valence-electron chi connectivity index (χ0n) is 22.0. The number of nitrogens with zero attached hydrogens (tertiary/aromatic N) is 1. The maximum atomic E-state index is 12.5. The van der Waals surface area contributed by atoms with Gasteiger partial charge in [0.15, 0.2) is 11.4 Å². The number of aliphatic hydroxyl groups is 2. The highest BCUT2D eigenvalue weighted by Crippen LogP contribution is 2.66. The fraction of sp³-hybridized carbons (Fsp3) is 0.808. The van der Waals surface area contributed by atoms with Crippen molar-refractivity contribution in [2.24, 2.45) is 22.7 Å². The number of carbonyl (C=O) groups is 1. The lowest BCUT2D eigenvalue weighted by Gasteiger charge is -2.55. The van der Waals surface area contributed by atoms with Crippen molar-refractivity contribution in [3.8, 4) is 0 Å². The van der Waals surface area contributed by atoms with Gasteiger partial charge in [0.25, 0.3) is 0 Å². The van der Waals surface area contributed by atoms with E-state index in [4.69, 9.17) is 9.05 Å². The van der Waals surface area contributed by atoms with Crippen LogP contribution in [-0.2, 0) is 18.4 Å². The van der Waals surface area contributed by atoms with Crippen LogP contribution in [0.3, 0.4) is 0 Å². The summed E-state index contributed by atoms with van der Waals surface area (Å²) in [6, 6.07) is 0. The largest absolute Gasteiger partial charge is 0.472 e. The van der Waals surface area contributed by atoms with Crippen molar-refractivity contribution in [1.82, 2.24) is 0 Å². The molecule has 0 bridgehead atoms. The number of phosphoric acid groups is 1. The fourth-order valence-corrected chi connectivity index (χ4v) is 8.30. The van der Waals surface area contributed by atoms with Gasteiger partial charge in [0.1, 0.15) is 13.2 Å². The summed E-state index contributed by atoms with van der Waals surface area (Å²) < 4.78 is 24.0. The lowest BCUT2D eigenvalue weighted by molar-refractivity contribution is -0.870. The zero-order chi connectivity index (χ0) is 26.0. The Hall–Kier alpha value is -0.860. The molecular weight excluding hydrogens is 469 g/mol. The van der Waals surface area contributed by atoms with Gasteiger partial charge in [-0.05, 0) is 62.7 Å². The second kappa shape index (κ2) is 8.87. The monoisotopic (exact) mass is 512 g/mol. The molecule has 0 saturated heterocycles. The number of Topliss-reactive ketones (excluding diaryl/α,β-unsaturated/α-hetero) is 1. The van der Waals surface area contributed by atoms with Crippen LogP contribution in [0.25, 0.3) is 0 Å². The Bertz CT molecular complexity index is 987. The highest BCUT2D eigenvalue weighted by molar-refractivity contribution is 7.47. The molecule has 3 fully saturated rings. The number of rotatable bonds is 7. The topological polar surface area (TPSA) is 113 Å². The number of fused-ring (bicyclic) bond motifs is 5. The summed E-state index contributed by atoms with van der Waals surface area (Å²) in [5.74, 6) is -0.159. The van der Waals surface area contributed by atoms with Crippen LogP contribution >= 0.6 is 7.82 Å². The minimum Gasteiger partial charge on any atom is -0.390 e. The van der Waals surface area contributed by atoms with Crippen molar-refractivity contribution in [1.29, 1.82) is 0 Å². The molecule has 0 heterocycles. The van der Waals surface area contributed by atoms with Crippen LogP contribution in [0.5, 0.6) is 0 Å². The van der Waals surface area contributed by atoms with E-state index in [-0.39, 0.29) is 35.7 Å². The van der Waals surface area contributed by atoms with Gasteiger partial charge in [-0.15, -0.1) is 0 Å². The third kappa shape index (κ3) is 4.54. The molecule has 35 heavy (non-hydrogen) atoms. The van der Waals surface area contributed by atoms with E-state index in [2.05, 4.69) is 19.1 Å². The Balaban J connectivity index is 1.51. The molecule has 0 amide bonds. The van der Waals surface area contributed by atoms with Gasteiger partial charge in [-0.3, -0.25) is 13.8 Å². The summed E-state index contributed by atoms with van der Waals surface area (Å²) in [5, 5.41) is 22.1. The number of hydrogen-bond acceptors (Lipinski definition) is 6. The van der Waals surface area contributed by atoms with E-state index < -0.39 is 24.9 Å². The predicted molar refractivity (Wildman–Crippen MR) is 132 cm³/mol. The van der Waals surface area contributed by atoms with Gasteiger partial charge in [-0.2, -0.15) is 0 Å². The van der Waals surface area contributed by atoms with Gasteiger partial charge < -0.3 is 19.6 Å². The van der Waals surface area contributed by atoms with Crippen molar-refractivity contribution >= 4 is 13.6 Å². The van der Waals surface area contributed by atoms with Crippen LogP contribution in [0.1, 0.15) is 59.3 Å². The van der Waals surface area contributed by atoms with Crippen LogP contribution < -0.4 is 0 Å². The van der Waals surface area contributed by atoms with E-state index in [1.54, 1.807) is 0 Å². The molecule has 0 aliphatic heterocycles. The smallest absolute Gasteiger partial charge is 0.390 e. The number of allylic oxidation sites excluding steroid dienone is 3. The first-order valence-electron chi connectivity index (χ1n) is 12.8. The number of ketones is 1. The van der Waals surface area contributed by atoms with Gasteiger partial charge in [-0.1, -0.05) is 37.1 Å². The first-order chi connectivity index (χ1) is 16.0. The lowest BCUT2D eigenvalue weighted by atomic mass is 9.50. The average molecular weight is 513 g/mol. The number of aliphatic hydroxyl groups excluding tert-OH is 1. The van der Waals surface area contributed by atoms with Gasteiger partial charge >= 0.3 is 7.82 Å². The quantitative estimate of drug-likeness (QED) is 0.354. The number of phosphoric ester groups is 1. The van der Waals surface area contributed by atoms with E-state index in [0.29, 0.717) is 36.7 Å². The summed E-state index contributed by atoms with van der Waals surface area (Å²) in [4.78, 5) is 22.7. The number of carbonyl (C=O) groups excluding carboxylic acids is 1. The molecule has 0 radical (unpaired) electrons. The molecule has 4 aliphatic carbocycles. The first-order valence-corrected chi connectivity index (χ1v) is 14.3. The molecule has 8 nitrogen and oxygen atoms in total. The Labute approximate surface area is 209 Å². The molecular formula is C26H43NO7P+. The van der Waals surface area contributed by atoms with E-state index in [1.807, 2.05) is 28.1 Å². The van der Waals surface area contributed by atoms with Crippen LogP contribution in [0.2, 0.25) is 0 Å². The predicted octanol–water partition coefficient (Wildman–Crippen LogP) is 3.37. The van der Waals surface area contributed by atoms with Crippen molar-refractivity contribution < 1.29 is 38.0 Å². The second-order valence-electron chi connectivity index (χ2n) is 12.7. The minimum atomic E-state index is -4.14. The van der Waals surface area contributed by atoms with E-state index in [1.165, 1.54) is 18.1 Å². The molecule has 0 aromatic carbocycles. The van der Waals surface area contributed by atoms with Crippen molar-refractivity contribution in [3.05, 3.63) is 23.3 Å². The molecule has 4 aliphatic rings. The molecule has 4 rings (SSSR count). The Morgan fingerprint density at radius 3 is 2.49 bits per heavy atom. The van der Waals surface area contributed by atoms with Gasteiger partial charge in [-0.25, -0.2) is 4.57 Å². The third-order valence-electron chi connectivity index (χ3n) is 9.59. The molecule has 0 aromatic heterocycles. The van der Waals surface area contributed by atoms with E-state index in [9.17, 15) is 24.5 Å². The number of quaternary nitrogens is 1. The SMILES string of the molecule is CC(=O)[C@@]1(O)C(O)C[C@H]2C3=CC=C4CC(OP(=O)(O)OCC[N+](C)(C)C)CC[C@]4(C)[C@H]3CC[C@@]21C. The van der Waals surface area contributed by atoms with Crippen molar-refractivity contribution in [3.63, 3.8) is 0 Å². The maximum absolute atomic E-state index is 12.5. The molecule has 3 N–H and O–H groups in total. The molecule has 9 heteroatoms. The van der Waals surface area contributed by atoms with E-state index in [0.717, 1.165) is 12.8 Å². The molecule has 198 valence electrons. The van der Waals surface area contributed by atoms with Gasteiger partial charge in [0.2, 0.25) is 0 Å². The highest BCUT2D eigenvalue weighted by atomic mass is 31.2. The van der Waals surface area contributed by atoms with Crippen LogP contribution in [0.4, 0.5) is 0 Å². The summed E-state index contributed by atoms with van der Waals surface area (Å²) in [6.45, 7) is 6.34. The number of hydrogen-bond donors (Lipinski definition) is 3. The van der Waals surface area contributed by atoms with E-state index >= 15 is 0 Å². The molecule has 0 spiro atoms. The highest BCUT2D eigenvalue weighted by Gasteiger charge is 2.67. The molecule has 3 saturated carbocycles. The van der Waals surface area contributed by atoms with Crippen molar-refractivity contribution in [2.75, 3.05) is 34.3 Å². The second-order valence-corrected chi connectivity index (χ2v) is 14.1. The Morgan fingerprint density at radius 2 is 1.86 bits per heavy atom. The summed E-state index contributed by atoms with van der Waals surface area (Å²) >= 11 is 0. The zero-order valence-corrected chi connectivity index (χ0v) is 22.9. The van der Waals surface area contributed by atoms with Crippen LogP contribution in [0, 0.1) is 22.7 Å². The molecule has 3 unspecified atom stereocenters. The lowest BCUT2D eigenvalue weighted by Crippen LogP contribution is -2.58. The normalized spacial score (nSPS) is 42.8. The Morgan fingerprint density at radius 1 is 1.17 bits per heavy atom. The average Bonchev–Trinajstić information content (AvgIpc) is 2.94. The standard InChI is InChI=1S/C26H42NO7P/c1-17(28)26(30)23(29)16-22-20-8-7-18-15-19(34-35(31,32)33-14-13-27(4,5)6)9-11-24(18,2)21(20)10-12-25(22,26)3/h7-8,19,21-23,29-30H,9-16H2,1-6H3/p+1/t19?,21-,22-,23?,24-,25-,26+/m0/s1. The summed E-state index contributed by atoms with van der Waals surface area (Å²) in [6.07, 6.45) is 6.69. The Kier molecular flexibility index (Phi) is 6.89. The summed E-state index contributed by atoms with van der Waals surface area (Å²) in [7, 11) is 1.84. The van der Waals surface area contributed by atoms with Gasteiger partial charge in [0.05, 0.1) is 33.4 Å². The van der Waals surface area contributed by atoms with Crippen LogP contribution in [0.15, 0.2) is 23.3 Å². The van der Waals surface area contributed by atoms with Crippen molar-refractivity contribution in [2.45, 2.75) is 77.1 Å². The van der Waals surface area contributed by atoms with Gasteiger partial charge in [0, 0.05) is 5.41 Å². The third-order valence-corrected chi connectivity index (χ3v) is 10.7. The summed E-state index contributed by atoms with van der Waals surface area (Å²) in [5.41, 5.74) is -0.0876. The molecule has 0 aromatic rings. The first kappa shape index (κ1) is 27.2. The molecule has 8 atom stereocenters. The minimum absolute atomic E-state index is 0.0546. The van der Waals surface area contributed by atoms with Crippen LogP contribution in [-0.4, -0.2) is 77.5 Å². The maximum Gasteiger partial charge on any atom is 0.472 e. The number of likely N-dealkylation sites (N-methyl/N-ethyl adjacent to an activating group) is 1.